The van der Waals surface area contributed by atoms with Gasteiger partial charge in [-0.15, -0.1) is 0 Å². The molecule has 6 rings (SSSR count). The molecule has 0 radical (unpaired) electrons. The second kappa shape index (κ2) is 9.73. The maximum atomic E-state index is 13.8. The lowest BCUT2D eigenvalue weighted by atomic mass is 9.51. The van der Waals surface area contributed by atoms with Crippen molar-refractivity contribution in [2.24, 2.45) is 11.8 Å². The Morgan fingerprint density at radius 1 is 1.28 bits per heavy atom. The molecule has 3 heterocycles. The summed E-state index contributed by atoms with van der Waals surface area (Å²) in [6.07, 6.45) is 10.1. The Morgan fingerprint density at radius 2 is 2.10 bits per heavy atom. The molecule has 1 aromatic carbocycles. The van der Waals surface area contributed by atoms with E-state index in [4.69, 9.17) is 18.6 Å². The molecule has 208 valence electrons. The summed E-state index contributed by atoms with van der Waals surface area (Å²) in [6.45, 7) is 7.32. The van der Waals surface area contributed by atoms with Crippen molar-refractivity contribution in [1.29, 1.82) is 0 Å². The highest BCUT2D eigenvalue weighted by Crippen LogP contribution is 2.65. The molecule has 0 N–H and O–H groups in total. The summed E-state index contributed by atoms with van der Waals surface area (Å²) in [4.78, 5) is 30.4. The molecule has 8 nitrogen and oxygen atoms in total. The molecule has 1 saturated heterocycles. The summed E-state index contributed by atoms with van der Waals surface area (Å²) in [5.41, 5.74) is 2.79. The number of rotatable bonds is 7. The number of ether oxygens (including phenoxy) is 3. The average molecular weight is 535 g/mol. The van der Waals surface area contributed by atoms with Crippen LogP contribution in [-0.2, 0) is 21.4 Å². The first-order chi connectivity index (χ1) is 18.7. The predicted octanol–water partition coefficient (Wildman–Crippen LogP) is 4.45. The molecule has 1 spiro atoms. The van der Waals surface area contributed by atoms with E-state index in [-0.39, 0.29) is 29.4 Å². The lowest BCUT2D eigenvalue weighted by Crippen LogP contribution is -2.68. The Bertz CT molecular complexity index is 1300. The van der Waals surface area contributed by atoms with Crippen molar-refractivity contribution in [2.45, 2.75) is 70.1 Å². The predicted molar refractivity (Wildman–Crippen MR) is 146 cm³/mol. The zero-order valence-electron chi connectivity index (χ0n) is 23.4. The molecule has 5 atom stereocenters. The molecule has 8 heteroatoms. The zero-order valence-corrected chi connectivity index (χ0v) is 23.4. The van der Waals surface area contributed by atoms with Gasteiger partial charge < -0.3 is 28.4 Å². The summed E-state index contributed by atoms with van der Waals surface area (Å²) in [5, 5.41) is 0. The Morgan fingerprint density at radius 3 is 2.79 bits per heavy atom. The van der Waals surface area contributed by atoms with Crippen LogP contribution in [0, 0.1) is 11.8 Å². The maximum Gasteiger partial charge on any atom is 0.308 e. The molecule has 39 heavy (non-hydrogen) atoms. The Kier molecular flexibility index (Phi) is 6.49. The van der Waals surface area contributed by atoms with E-state index in [1.165, 1.54) is 6.92 Å². The van der Waals surface area contributed by atoms with Crippen LogP contribution in [0.2, 0.25) is 0 Å². The van der Waals surface area contributed by atoms with Gasteiger partial charge in [-0.3, -0.25) is 9.59 Å². The summed E-state index contributed by atoms with van der Waals surface area (Å²) in [6, 6.07) is 3.88. The van der Waals surface area contributed by atoms with Crippen molar-refractivity contribution < 1.29 is 28.2 Å². The van der Waals surface area contributed by atoms with E-state index in [0.717, 1.165) is 54.7 Å². The fourth-order valence-electron chi connectivity index (χ4n) is 7.88. The number of piperidine rings is 1. The SMILES string of the molecule is COc1cc(OC(C)=O)c2c3c1O[C@@H]1[C@@H](N(CC(C)C)C(=O)C=Cc4ccoc4)CC[C@H]4[C@@H](C2)N(C)CC[C@]314. The van der Waals surface area contributed by atoms with Crippen LogP contribution in [0.25, 0.3) is 6.08 Å². The lowest BCUT2D eigenvalue weighted by Gasteiger charge is -2.60. The number of carbonyl (C=O) groups excluding carboxylic acids is 2. The molecule has 1 amide bonds. The van der Waals surface area contributed by atoms with Gasteiger partial charge in [0, 0.05) is 53.8 Å². The molecule has 2 aromatic rings. The number of likely N-dealkylation sites (N-methyl/N-ethyl adjacent to an activating group) is 1. The number of hydrogen-bond acceptors (Lipinski definition) is 7. The second-order valence-electron chi connectivity index (χ2n) is 12.0. The van der Waals surface area contributed by atoms with Gasteiger partial charge in [0.2, 0.25) is 5.91 Å². The van der Waals surface area contributed by atoms with Gasteiger partial charge in [0.25, 0.3) is 0 Å². The van der Waals surface area contributed by atoms with E-state index in [9.17, 15) is 9.59 Å². The first-order valence-corrected chi connectivity index (χ1v) is 14.0. The average Bonchev–Trinajstić information content (AvgIpc) is 3.54. The number of esters is 1. The Labute approximate surface area is 229 Å². The van der Waals surface area contributed by atoms with Crippen LogP contribution in [0.3, 0.4) is 0 Å². The van der Waals surface area contributed by atoms with Gasteiger partial charge >= 0.3 is 5.97 Å². The minimum absolute atomic E-state index is 0.0163. The van der Waals surface area contributed by atoms with Crippen LogP contribution in [-0.4, -0.2) is 67.1 Å². The van der Waals surface area contributed by atoms with Gasteiger partial charge in [0.05, 0.1) is 25.7 Å². The monoisotopic (exact) mass is 534 g/mol. The number of carbonyl (C=O) groups is 2. The number of benzene rings is 1. The van der Waals surface area contributed by atoms with Gasteiger partial charge in [0.1, 0.15) is 11.9 Å². The van der Waals surface area contributed by atoms with Gasteiger partial charge in [-0.25, -0.2) is 0 Å². The molecule has 4 aliphatic rings. The topological polar surface area (TPSA) is 81.5 Å². The Hall–Kier alpha value is -3.26. The molecule has 2 aliphatic carbocycles. The summed E-state index contributed by atoms with van der Waals surface area (Å²) in [7, 11) is 3.83. The smallest absolute Gasteiger partial charge is 0.308 e. The van der Waals surface area contributed by atoms with Gasteiger partial charge in [-0.05, 0) is 63.3 Å². The third-order valence-electron chi connectivity index (χ3n) is 9.32. The van der Waals surface area contributed by atoms with E-state index in [2.05, 4.69) is 25.8 Å². The van der Waals surface area contributed by atoms with Crippen molar-refractivity contribution in [3.8, 4) is 17.2 Å². The van der Waals surface area contributed by atoms with E-state index < -0.39 is 0 Å². The van der Waals surface area contributed by atoms with Crippen molar-refractivity contribution >= 4 is 18.0 Å². The van der Waals surface area contributed by atoms with E-state index in [1.807, 2.05) is 17.0 Å². The fraction of sp³-hybridized carbons (Fsp3) is 0.548. The minimum Gasteiger partial charge on any atom is -0.493 e. The summed E-state index contributed by atoms with van der Waals surface area (Å²) >= 11 is 0. The van der Waals surface area contributed by atoms with Crippen LogP contribution in [0.5, 0.6) is 17.2 Å². The van der Waals surface area contributed by atoms with E-state index in [1.54, 1.807) is 31.8 Å². The zero-order chi connectivity index (χ0) is 27.5. The molecular formula is C31H38N2O6. The second-order valence-corrected chi connectivity index (χ2v) is 12.0. The molecule has 2 fully saturated rings. The number of methoxy groups -OCH3 is 1. The molecule has 1 saturated carbocycles. The molecule has 1 aromatic heterocycles. The summed E-state index contributed by atoms with van der Waals surface area (Å²) in [5.74, 6) is 2.25. The number of hydrogen-bond donors (Lipinski definition) is 0. The highest BCUT2D eigenvalue weighted by molar-refractivity contribution is 5.92. The van der Waals surface area contributed by atoms with Crippen LogP contribution in [0.1, 0.15) is 56.7 Å². The third kappa shape index (κ3) is 4.06. The van der Waals surface area contributed by atoms with E-state index >= 15 is 0 Å². The lowest BCUT2D eigenvalue weighted by molar-refractivity contribution is -0.138. The maximum absolute atomic E-state index is 13.8. The van der Waals surface area contributed by atoms with Crippen molar-refractivity contribution in [1.82, 2.24) is 9.80 Å². The first kappa shape index (κ1) is 26.0. The van der Waals surface area contributed by atoms with Crippen LogP contribution < -0.4 is 14.2 Å². The quantitative estimate of drug-likeness (QED) is 0.295. The van der Waals surface area contributed by atoms with E-state index in [0.29, 0.717) is 35.9 Å². The van der Waals surface area contributed by atoms with Crippen LogP contribution in [0.15, 0.2) is 35.2 Å². The van der Waals surface area contributed by atoms with Gasteiger partial charge in [-0.1, -0.05) is 13.8 Å². The number of likely N-dealkylation sites (tertiary alicyclic amines) is 1. The first-order valence-electron chi connectivity index (χ1n) is 14.0. The highest BCUT2D eigenvalue weighted by Gasteiger charge is 2.67. The molecule has 0 unspecified atom stereocenters. The number of nitrogens with zero attached hydrogens (tertiary/aromatic N) is 2. The van der Waals surface area contributed by atoms with Crippen LogP contribution in [0.4, 0.5) is 0 Å². The normalized spacial score (nSPS) is 28.8. The van der Waals surface area contributed by atoms with Gasteiger partial charge in [-0.2, -0.15) is 0 Å². The summed E-state index contributed by atoms with van der Waals surface area (Å²) < 4.78 is 23.7. The van der Waals surface area contributed by atoms with Crippen molar-refractivity contribution in [3.05, 3.63) is 47.4 Å². The molecule has 2 bridgehead atoms. The molecular weight excluding hydrogens is 496 g/mol. The molecule has 2 aliphatic heterocycles. The Balaban J connectivity index is 1.46. The van der Waals surface area contributed by atoms with Crippen molar-refractivity contribution in [3.63, 3.8) is 0 Å². The third-order valence-corrected chi connectivity index (χ3v) is 9.32. The fourth-order valence-corrected chi connectivity index (χ4v) is 7.88. The largest absolute Gasteiger partial charge is 0.493 e. The van der Waals surface area contributed by atoms with Gasteiger partial charge in [0.15, 0.2) is 11.5 Å². The number of furan rings is 1. The minimum atomic E-state index is -0.346. The van der Waals surface area contributed by atoms with Crippen LogP contribution >= 0.6 is 0 Å². The standard InChI is InChI=1S/C31H38N2O6/c1-18(2)16-33(27(35)9-6-20-10-13-37-17-20)23-8-7-22-24-14-21-25(38-19(3)34)15-26(36-5)29-28(21)31(22,30(23)39-29)11-12-32(24)4/h6,9-10,13,15,17-18,22-24,30H,7-8,11-12,14,16H2,1-5H3/t22-,23-,24+,30+,31-/m0/s1. The van der Waals surface area contributed by atoms with Crippen molar-refractivity contribution in [2.75, 3.05) is 27.2 Å². The number of amides is 1. The highest BCUT2D eigenvalue weighted by atomic mass is 16.5.